The van der Waals surface area contributed by atoms with Crippen molar-refractivity contribution in [1.82, 2.24) is 0 Å². The van der Waals surface area contributed by atoms with Gasteiger partial charge in [-0.2, -0.15) is 0 Å². The fraction of sp³-hybridized carbons (Fsp3) is 0.355. The molecule has 1 heterocycles. The minimum Gasteiger partial charge on any atom is -0.457 e. The molecule has 1 aliphatic heterocycles. The van der Waals surface area contributed by atoms with Crippen LogP contribution in [0.2, 0.25) is 0 Å². The molecule has 0 amide bonds. The van der Waals surface area contributed by atoms with Crippen molar-refractivity contribution in [2.45, 2.75) is 64.4 Å². The Hall–Kier alpha value is -3.56. The van der Waals surface area contributed by atoms with E-state index >= 15 is 0 Å². The van der Waals surface area contributed by atoms with E-state index in [-0.39, 0.29) is 19.8 Å². The molecule has 3 aromatic rings. The van der Waals surface area contributed by atoms with E-state index in [4.69, 9.17) is 28.4 Å². The van der Waals surface area contributed by atoms with E-state index in [9.17, 15) is 9.59 Å². The van der Waals surface area contributed by atoms with Crippen LogP contribution in [0.4, 0.5) is 0 Å². The van der Waals surface area contributed by atoms with Crippen LogP contribution in [0.3, 0.4) is 0 Å². The summed E-state index contributed by atoms with van der Waals surface area (Å²) in [6, 6.07) is 28.9. The summed E-state index contributed by atoms with van der Waals surface area (Å²) in [5, 5.41) is 0. The Balaban J connectivity index is 1.59. The molecule has 0 bridgehead atoms. The normalized spacial score (nSPS) is 22.7. The maximum Gasteiger partial charge on any atom is 0.305 e. The number of carbonyl (C=O) groups excluding carboxylic acids is 2. The van der Waals surface area contributed by atoms with Crippen LogP contribution >= 0.6 is 0 Å². The largest absolute Gasteiger partial charge is 0.457 e. The molecule has 3 aromatic carbocycles. The van der Waals surface area contributed by atoms with Crippen LogP contribution < -0.4 is 0 Å². The summed E-state index contributed by atoms with van der Waals surface area (Å²) in [5.41, 5.74) is 2.82. The van der Waals surface area contributed by atoms with Crippen LogP contribution in [0.5, 0.6) is 0 Å². The Kier molecular flexibility index (Phi) is 10.6. The quantitative estimate of drug-likeness (QED) is 0.312. The molecule has 1 aliphatic rings. The highest BCUT2D eigenvalue weighted by atomic mass is 16.7. The van der Waals surface area contributed by atoms with Gasteiger partial charge in [0.25, 0.3) is 0 Å². The molecule has 0 aliphatic carbocycles. The molecule has 1 unspecified atom stereocenters. The van der Waals surface area contributed by atoms with E-state index in [2.05, 4.69) is 0 Å². The third kappa shape index (κ3) is 8.73. The molecule has 8 nitrogen and oxygen atoms in total. The second-order valence-electron chi connectivity index (χ2n) is 9.25. The van der Waals surface area contributed by atoms with Crippen molar-refractivity contribution in [3.05, 3.63) is 108 Å². The molecule has 206 valence electrons. The van der Waals surface area contributed by atoms with Gasteiger partial charge in [-0.1, -0.05) is 91.0 Å². The van der Waals surface area contributed by atoms with Crippen molar-refractivity contribution in [2.24, 2.45) is 0 Å². The Bertz CT molecular complexity index is 1150. The minimum absolute atomic E-state index is 0.0706. The smallest absolute Gasteiger partial charge is 0.305 e. The van der Waals surface area contributed by atoms with Crippen LogP contribution in [0, 0.1) is 0 Å². The first-order chi connectivity index (χ1) is 19.0. The van der Waals surface area contributed by atoms with Gasteiger partial charge >= 0.3 is 11.9 Å². The lowest BCUT2D eigenvalue weighted by atomic mass is 9.98. The molecule has 0 saturated carbocycles. The zero-order chi connectivity index (χ0) is 27.5. The first kappa shape index (κ1) is 28.4. The van der Waals surface area contributed by atoms with Crippen LogP contribution in [-0.2, 0) is 57.8 Å². The van der Waals surface area contributed by atoms with Gasteiger partial charge in [0.15, 0.2) is 12.2 Å². The molecule has 0 radical (unpaired) electrons. The second kappa shape index (κ2) is 14.6. The van der Waals surface area contributed by atoms with Crippen LogP contribution in [0.15, 0.2) is 91.0 Å². The van der Waals surface area contributed by atoms with Crippen LogP contribution in [0.25, 0.3) is 0 Å². The third-order valence-electron chi connectivity index (χ3n) is 6.14. The predicted octanol–water partition coefficient (Wildman–Crippen LogP) is 4.59. The molecule has 4 rings (SSSR count). The van der Waals surface area contributed by atoms with E-state index in [0.29, 0.717) is 6.61 Å². The molecule has 1 fully saturated rings. The molecule has 0 aromatic heterocycles. The van der Waals surface area contributed by atoms with Gasteiger partial charge in [0.1, 0.15) is 12.2 Å². The number of esters is 2. The minimum atomic E-state index is -1.11. The fourth-order valence-electron chi connectivity index (χ4n) is 4.37. The standard InChI is InChI=1S/C31H34O8/c1-22(32)37-28-27(21-34-18-24-12-6-3-7-13-24)39-31(38-23(2)33)30(36-20-26-16-10-5-11-17-26)29(28)35-19-25-14-8-4-9-15-25/h3-17,27-31H,18-21H2,1-2H3/t27-,28+,29+,30-,31?/m1/s1. The van der Waals surface area contributed by atoms with Gasteiger partial charge in [-0.05, 0) is 16.7 Å². The average molecular weight is 535 g/mol. The van der Waals surface area contributed by atoms with Crippen molar-refractivity contribution in [3.63, 3.8) is 0 Å². The van der Waals surface area contributed by atoms with E-state index < -0.39 is 42.6 Å². The first-order valence-corrected chi connectivity index (χ1v) is 12.9. The summed E-state index contributed by atoms with van der Waals surface area (Å²) in [6.07, 6.45) is -4.47. The van der Waals surface area contributed by atoms with Crippen molar-refractivity contribution in [3.8, 4) is 0 Å². The van der Waals surface area contributed by atoms with Gasteiger partial charge < -0.3 is 28.4 Å². The highest BCUT2D eigenvalue weighted by Crippen LogP contribution is 2.31. The van der Waals surface area contributed by atoms with Gasteiger partial charge in [0, 0.05) is 13.8 Å². The first-order valence-electron chi connectivity index (χ1n) is 12.9. The summed E-state index contributed by atoms with van der Waals surface area (Å²) in [7, 11) is 0. The van der Waals surface area contributed by atoms with E-state index in [1.165, 1.54) is 13.8 Å². The van der Waals surface area contributed by atoms with Gasteiger partial charge in [-0.15, -0.1) is 0 Å². The molecule has 8 heteroatoms. The summed E-state index contributed by atoms with van der Waals surface area (Å²) in [6.45, 7) is 3.46. The number of ether oxygens (including phenoxy) is 6. The van der Waals surface area contributed by atoms with Gasteiger partial charge in [0.05, 0.1) is 26.4 Å². The zero-order valence-corrected chi connectivity index (χ0v) is 22.1. The number of benzene rings is 3. The van der Waals surface area contributed by atoms with Gasteiger partial charge in [-0.25, -0.2) is 0 Å². The van der Waals surface area contributed by atoms with Crippen molar-refractivity contribution in [1.29, 1.82) is 0 Å². The Labute approximate surface area is 228 Å². The molecular weight excluding hydrogens is 500 g/mol. The number of hydrogen-bond acceptors (Lipinski definition) is 8. The number of hydrogen-bond donors (Lipinski definition) is 0. The van der Waals surface area contributed by atoms with Gasteiger partial charge in [-0.3, -0.25) is 9.59 Å². The highest BCUT2D eigenvalue weighted by molar-refractivity contribution is 5.66. The summed E-state index contributed by atoms with van der Waals surface area (Å²) < 4.78 is 36.1. The maximum atomic E-state index is 12.2. The number of carbonyl (C=O) groups is 2. The lowest BCUT2D eigenvalue weighted by Crippen LogP contribution is -2.62. The van der Waals surface area contributed by atoms with Crippen molar-refractivity contribution < 1.29 is 38.0 Å². The molecule has 0 N–H and O–H groups in total. The highest BCUT2D eigenvalue weighted by Gasteiger charge is 2.51. The topological polar surface area (TPSA) is 89.5 Å². The monoisotopic (exact) mass is 534 g/mol. The van der Waals surface area contributed by atoms with Crippen molar-refractivity contribution in [2.75, 3.05) is 6.61 Å². The molecule has 1 saturated heterocycles. The van der Waals surface area contributed by atoms with Crippen molar-refractivity contribution >= 4 is 11.9 Å². The van der Waals surface area contributed by atoms with Gasteiger partial charge in [0.2, 0.25) is 6.29 Å². The Morgan fingerprint density at radius 2 is 1.08 bits per heavy atom. The maximum absolute atomic E-state index is 12.2. The molecular formula is C31H34O8. The summed E-state index contributed by atoms with van der Waals surface area (Å²) in [4.78, 5) is 24.3. The fourth-order valence-corrected chi connectivity index (χ4v) is 4.37. The zero-order valence-electron chi connectivity index (χ0n) is 22.1. The Morgan fingerprint density at radius 1 is 0.615 bits per heavy atom. The summed E-state index contributed by atoms with van der Waals surface area (Å²) >= 11 is 0. The number of rotatable bonds is 12. The Morgan fingerprint density at radius 3 is 1.56 bits per heavy atom. The average Bonchev–Trinajstić information content (AvgIpc) is 2.94. The predicted molar refractivity (Wildman–Crippen MR) is 142 cm³/mol. The van der Waals surface area contributed by atoms with E-state index in [0.717, 1.165) is 16.7 Å². The summed E-state index contributed by atoms with van der Waals surface area (Å²) in [5.74, 6) is -1.04. The second-order valence-corrected chi connectivity index (χ2v) is 9.25. The van der Waals surface area contributed by atoms with Crippen LogP contribution in [0.1, 0.15) is 30.5 Å². The molecule has 0 spiro atoms. The molecule has 39 heavy (non-hydrogen) atoms. The lowest BCUT2D eigenvalue weighted by Gasteiger charge is -2.44. The van der Waals surface area contributed by atoms with Crippen LogP contribution in [-0.4, -0.2) is 49.3 Å². The van der Waals surface area contributed by atoms with E-state index in [1.54, 1.807) is 0 Å². The third-order valence-corrected chi connectivity index (χ3v) is 6.14. The lowest BCUT2D eigenvalue weighted by molar-refractivity contribution is -0.314. The SMILES string of the molecule is CC(=O)OC1O[C@H](COCc2ccccc2)[C@H](OC(C)=O)[C@H](OCc2ccccc2)[C@H]1OCc1ccccc1. The molecule has 5 atom stereocenters. The van der Waals surface area contributed by atoms with E-state index in [1.807, 2.05) is 91.0 Å².